The van der Waals surface area contributed by atoms with Crippen molar-refractivity contribution in [2.45, 2.75) is 58.8 Å². The van der Waals surface area contributed by atoms with Gasteiger partial charge in [0.1, 0.15) is 5.60 Å². The fourth-order valence-electron chi connectivity index (χ4n) is 3.85. The summed E-state index contributed by atoms with van der Waals surface area (Å²) in [5.74, 6) is -0.249. The van der Waals surface area contributed by atoms with Crippen LogP contribution in [0.1, 0.15) is 41.0 Å². The number of aliphatic hydroxyl groups is 1. The summed E-state index contributed by atoms with van der Waals surface area (Å²) in [6.07, 6.45) is -0.599. The molecule has 0 radical (unpaired) electrons. The molecule has 3 fully saturated rings. The number of hydrogen-bond acceptors (Lipinski definition) is 5. The van der Waals surface area contributed by atoms with E-state index in [1.807, 2.05) is 34.6 Å². The quantitative estimate of drug-likeness (QED) is 0.804. The summed E-state index contributed by atoms with van der Waals surface area (Å²) in [7, 11) is 1.27. The third-order valence-corrected chi connectivity index (χ3v) is 4.91. The zero-order valence-corrected chi connectivity index (χ0v) is 14.3. The van der Waals surface area contributed by atoms with E-state index in [2.05, 4.69) is 4.74 Å². The zero-order valence-electron chi connectivity index (χ0n) is 14.3. The second kappa shape index (κ2) is 5.41. The Kier molecular flexibility index (Phi) is 4.19. The van der Waals surface area contributed by atoms with Gasteiger partial charge in [-0.05, 0) is 39.0 Å². The highest BCUT2D eigenvalue weighted by Crippen LogP contribution is 2.55. The van der Waals surface area contributed by atoms with Crippen molar-refractivity contribution in [1.82, 2.24) is 4.90 Å². The van der Waals surface area contributed by atoms with Crippen LogP contribution in [0.5, 0.6) is 0 Å². The molecule has 2 unspecified atom stereocenters. The summed E-state index contributed by atoms with van der Waals surface area (Å²) in [4.78, 5) is 25.7. The number of carbonyl (C=O) groups is 2. The van der Waals surface area contributed by atoms with Crippen LogP contribution in [0.3, 0.4) is 0 Å². The SMILES string of the molecule is COC(=O)C(O)C(C)(C)C1[C@H]2C[C@@H]1N(C(=O)OC(C)(C)C)C2. The summed E-state index contributed by atoms with van der Waals surface area (Å²) in [6.45, 7) is 9.87. The van der Waals surface area contributed by atoms with Gasteiger partial charge in [0.2, 0.25) is 0 Å². The number of hydrogen-bond donors (Lipinski definition) is 1. The van der Waals surface area contributed by atoms with Crippen LogP contribution in [0.2, 0.25) is 0 Å². The summed E-state index contributed by atoms with van der Waals surface area (Å²) in [6, 6.07) is 0.0224. The first-order valence-electron chi connectivity index (χ1n) is 7.74. The molecule has 2 heterocycles. The molecular formula is C16H27NO5. The molecule has 4 atom stereocenters. The molecule has 1 amide bonds. The second-order valence-corrected chi connectivity index (χ2v) is 7.97. The molecule has 0 spiro atoms. The molecule has 22 heavy (non-hydrogen) atoms. The van der Waals surface area contributed by atoms with Crippen LogP contribution >= 0.6 is 0 Å². The molecule has 0 aromatic heterocycles. The van der Waals surface area contributed by atoms with Crippen molar-refractivity contribution in [1.29, 1.82) is 0 Å². The van der Waals surface area contributed by atoms with Crippen molar-refractivity contribution >= 4 is 12.1 Å². The van der Waals surface area contributed by atoms with Crippen LogP contribution in [0, 0.1) is 17.3 Å². The van der Waals surface area contributed by atoms with Crippen molar-refractivity contribution in [2.75, 3.05) is 13.7 Å². The van der Waals surface area contributed by atoms with E-state index >= 15 is 0 Å². The van der Waals surface area contributed by atoms with Crippen molar-refractivity contribution in [3.63, 3.8) is 0 Å². The Morgan fingerprint density at radius 3 is 2.32 bits per heavy atom. The van der Waals surface area contributed by atoms with Crippen LogP contribution in [0.15, 0.2) is 0 Å². The van der Waals surface area contributed by atoms with E-state index in [1.165, 1.54) is 7.11 Å². The molecule has 0 aromatic rings. The van der Waals surface area contributed by atoms with Crippen LogP contribution < -0.4 is 0 Å². The average Bonchev–Trinajstić information content (AvgIpc) is 2.93. The Labute approximate surface area is 131 Å². The Bertz CT molecular complexity index is 468. The minimum atomic E-state index is -1.19. The van der Waals surface area contributed by atoms with Gasteiger partial charge in [-0.25, -0.2) is 9.59 Å². The second-order valence-electron chi connectivity index (χ2n) is 7.97. The van der Waals surface area contributed by atoms with Crippen molar-refractivity contribution in [3.05, 3.63) is 0 Å². The number of methoxy groups -OCH3 is 1. The van der Waals surface area contributed by atoms with E-state index in [0.29, 0.717) is 12.5 Å². The molecule has 3 rings (SSSR count). The zero-order chi connectivity index (χ0) is 16.9. The lowest BCUT2D eigenvalue weighted by Crippen LogP contribution is -2.54. The van der Waals surface area contributed by atoms with Gasteiger partial charge in [0.25, 0.3) is 0 Å². The van der Waals surface area contributed by atoms with E-state index in [4.69, 9.17) is 4.74 Å². The van der Waals surface area contributed by atoms with Gasteiger partial charge < -0.3 is 19.5 Å². The molecule has 1 aliphatic carbocycles. The number of amides is 1. The first-order valence-corrected chi connectivity index (χ1v) is 7.74. The Morgan fingerprint density at radius 1 is 1.23 bits per heavy atom. The highest BCUT2D eigenvalue weighted by atomic mass is 16.6. The predicted molar refractivity (Wildman–Crippen MR) is 80.1 cm³/mol. The lowest BCUT2D eigenvalue weighted by atomic mass is 9.58. The van der Waals surface area contributed by atoms with Gasteiger partial charge >= 0.3 is 12.1 Å². The van der Waals surface area contributed by atoms with Gasteiger partial charge in [-0.1, -0.05) is 13.8 Å². The molecule has 1 saturated carbocycles. The lowest BCUT2D eigenvalue weighted by molar-refractivity contribution is -0.163. The number of ether oxygens (including phenoxy) is 2. The molecule has 2 bridgehead atoms. The van der Waals surface area contributed by atoms with Gasteiger partial charge in [0.15, 0.2) is 6.10 Å². The van der Waals surface area contributed by atoms with Crippen LogP contribution in [-0.4, -0.2) is 53.5 Å². The van der Waals surface area contributed by atoms with E-state index in [9.17, 15) is 14.7 Å². The van der Waals surface area contributed by atoms with Gasteiger partial charge in [-0.15, -0.1) is 0 Å². The van der Waals surface area contributed by atoms with Crippen molar-refractivity contribution in [2.24, 2.45) is 17.3 Å². The Balaban J connectivity index is 2.08. The number of fused-ring (bicyclic) bond motifs is 1. The monoisotopic (exact) mass is 313 g/mol. The molecule has 3 aliphatic rings. The number of esters is 1. The minimum absolute atomic E-state index is 0.0224. The van der Waals surface area contributed by atoms with E-state index < -0.39 is 23.1 Å². The average molecular weight is 313 g/mol. The highest BCUT2D eigenvalue weighted by Gasteiger charge is 2.61. The Hall–Kier alpha value is -1.30. The maximum absolute atomic E-state index is 12.3. The standard InChI is InChI=1S/C16H27NO5/c1-15(2,3)22-14(20)17-8-9-7-10(17)11(9)16(4,5)12(18)13(19)21-6/h9-12,18H,7-8H2,1-6H3/t9-,10-,11?,12?/m0/s1. The molecule has 126 valence electrons. The van der Waals surface area contributed by atoms with Gasteiger partial charge in [0, 0.05) is 18.0 Å². The molecule has 1 N–H and O–H groups in total. The highest BCUT2D eigenvalue weighted by molar-refractivity contribution is 5.75. The molecule has 2 aliphatic heterocycles. The topological polar surface area (TPSA) is 76.1 Å². The molecule has 6 heteroatoms. The summed E-state index contributed by atoms with van der Waals surface area (Å²) in [5.41, 5.74) is -1.17. The summed E-state index contributed by atoms with van der Waals surface area (Å²) >= 11 is 0. The van der Waals surface area contributed by atoms with E-state index in [1.54, 1.807) is 4.90 Å². The molecule has 6 nitrogen and oxygen atoms in total. The van der Waals surface area contributed by atoms with Gasteiger partial charge in [-0.3, -0.25) is 0 Å². The first-order chi connectivity index (χ1) is 9.99. The molecular weight excluding hydrogens is 286 g/mol. The number of rotatable bonds is 3. The van der Waals surface area contributed by atoms with Crippen LogP contribution in [0.25, 0.3) is 0 Å². The van der Waals surface area contributed by atoms with Crippen molar-refractivity contribution < 1.29 is 24.2 Å². The van der Waals surface area contributed by atoms with E-state index in [0.717, 1.165) is 6.42 Å². The maximum atomic E-state index is 12.3. The van der Waals surface area contributed by atoms with Crippen LogP contribution in [-0.2, 0) is 14.3 Å². The van der Waals surface area contributed by atoms with Gasteiger partial charge in [0.05, 0.1) is 7.11 Å². The number of carbonyl (C=O) groups excluding carboxylic acids is 2. The Morgan fingerprint density at radius 2 is 1.82 bits per heavy atom. The molecule has 2 saturated heterocycles. The third-order valence-electron chi connectivity index (χ3n) is 4.91. The predicted octanol–water partition coefficient (Wildman–Crippen LogP) is 1.80. The summed E-state index contributed by atoms with van der Waals surface area (Å²) in [5, 5.41) is 10.2. The normalized spacial score (nSPS) is 28.9. The molecule has 0 aromatic carbocycles. The minimum Gasteiger partial charge on any atom is -0.467 e. The largest absolute Gasteiger partial charge is 0.467 e. The van der Waals surface area contributed by atoms with E-state index in [-0.39, 0.29) is 18.1 Å². The lowest BCUT2D eigenvalue weighted by Gasteiger charge is -2.48. The fourth-order valence-corrected chi connectivity index (χ4v) is 3.85. The van der Waals surface area contributed by atoms with Gasteiger partial charge in [-0.2, -0.15) is 0 Å². The fraction of sp³-hybridized carbons (Fsp3) is 0.875. The smallest absolute Gasteiger partial charge is 0.410 e. The van der Waals surface area contributed by atoms with Crippen molar-refractivity contribution in [3.8, 4) is 0 Å². The third kappa shape index (κ3) is 2.81. The number of nitrogens with zero attached hydrogens (tertiary/aromatic N) is 1. The maximum Gasteiger partial charge on any atom is 0.410 e. The summed E-state index contributed by atoms with van der Waals surface area (Å²) < 4.78 is 10.1. The van der Waals surface area contributed by atoms with Crippen LogP contribution in [0.4, 0.5) is 4.79 Å². The first kappa shape index (κ1) is 17.1. The number of aliphatic hydroxyl groups excluding tert-OH is 1.